The average molecular weight is 209 g/mol. The third-order valence-corrected chi connectivity index (χ3v) is 1.65. The van der Waals surface area contributed by atoms with Crippen molar-refractivity contribution in [1.29, 1.82) is 0 Å². The Morgan fingerprint density at radius 3 is 2.60 bits per heavy atom. The fourth-order valence-corrected chi connectivity index (χ4v) is 0.997. The van der Waals surface area contributed by atoms with E-state index in [0.717, 1.165) is 5.56 Å². The van der Waals surface area contributed by atoms with E-state index in [1.54, 1.807) is 0 Å². The molecule has 0 unspecified atom stereocenters. The minimum Gasteiger partial charge on any atom is -0.369 e. The van der Waals surface area contributed by atoms with Crippen LogP contribution in [-0.4, -0.2) is 19.0 Å². The van der Waals surface area contributed by atoms with Gasteiger partial charge in [-0.2, -0.15) is 0 Å². The van der Waals surface area contributed by atoms with Gasteiger partial charge in [-0.05, 0) is 5.56 Å². The molecular weight excluding hydrogens is 198 g/mol. The van der Waals surface area contributed by atoms with Crippen molar-refractivity contribution in [3.8, 4) is 0 Å². The number of Topliss-reactive ketones (excluding diaryl/α,β-unsaturated/α-hetero) is 1. The van der Waals surface area contributed by atoms with Gasteiger partial charge < -0.3 is 9.57 Å². The van der Waals surface area contributed by atoms with Crippen LogP contribution in [0, 0.1) is 4.91 Å². The van der Waals surface area contributed by atoms with Gasteiger partial charge in [-0.3, -0.25) is 4.79 Å². The fourth-order valence-electron chi connectivity index (χ4n) is 0.997. The average Bonchev–Trinajstić information content (AvgIpc) is 2.28. The summed E-state index contributed by atoms with van der Waals surface area (Å²) < 4.78 is 5.11. The van der Waals surface area contributed by atoms with E-state index in [2.05, 4.69) is 10.2 Å². The van der Waals surface area contributed by atoms with Crippen molar-refractivity contribution in [2.45, 2.75) is 6.61 Å². The second-order valence-corrected chi connectivity index (χ2v) is 2.87. The van der Waals surface area contributed by atoms with Crippen LogP contribution in [-0.2, 0) is 21.0 Å². The third-order valence-electron chi connectivity index (χ3n) is 1.65. The molecule has 0 atom stereocenters. The Hall–Kier alpha value is -1.75. The van der Waals surface area contributed by atoms with Crippen LogP contribution in [0.3, 0.4) is 0 Å². The first-order chi connectivity index (χ1) is 7.33. The van der Waals surface area contributed by atoms with E-state index in [1.807, 2.05) is 30.3 Å². The Labute approximate surface area is 86.9 Å². The predicted molar refractivity (Wildman–Crippen MR) is 52.9 cm³/mol. The van der Waals surface area contributed by atoms with E-state index in [1.165, 1.54) is 0 Å². The second kappa shape index (κ2) is 6.67. The molecule has 80 valence electrons. The van der Waals surface area contributed by atoms with Gasteiger partial charge in [0.1, 0.15) is 6.61 Å². The molecule has 1 rings (SSSR count). The summed E-state index contributed by atoms with van der Waals surface area (Å²) in [6, 6.07) is 9.47. The number of hydrogen-bond acceptors (Lipinski definition) is 5. The van der Waals surface area contributed by atoms with Gasteiger partial charge in [0.2, 0.25) is 0 Å². The van der Waals surface area contributed by atoms with Gasteiger partial charge in [0.15, 0.2) is 17.7 Å². The summed E-state index contributed by atoms with van der Waals surface area (Å²) in [6.07, 6.45) is 0. The molecule has 5 nitrogen and oxygen atoms in total. The summed E-state index contributed by atoms with van der Waals surface area (Å²) >= 11 is 0. The highest BCUT2D eigenvalue weighted by Crippen LogP contribution is 2.00. The monoisotopic (exact) mass is 209 g/mol. The van der Waals surface area contributed by atoms with Gasteiger partial charge in [0.05, 0.1) is 6.61 Å². The molecule has 0 fully saturated rings. The molecule has 0 spiro atoms. The molecule has 0 N–H and O–H groups in total. The number of hydrogen-bond donors (Lipinski definition) is 0. The van der Waals surface area contributed by atoms with Crippen LogP contribution in [0.2, 0.25) is 0 Å². The molecular formula is C10H11NO4. The van der Waals surface area contributed by atoms with Crippen molar-refractivity contribution < 1.29 is 14.4 Å². The lowest BCUT2D eigenvalue weighted by Gasteiger charge is -2.02. The standard InChI is InChI=1S/C10H11NO4/c12-10(8-15-11-13)7-14-6-9-4-2-1-3-5-9/h1-5H,6-8H2. The SMILES string of the molecule is O=NOCC(=O)COCc1ccccc1. The van der Waals surface area contributed by atoms with E-state index in [-0.39, 0.29) is 19.0 Å². The fraction of sp³-hybridized carbons (Fsp3) is 0.300. The molecule has 0 saturated heterocycles. The number of rotatable bonds is 7. The Morgan fingerprint density at radius 1 is 1.20 bits per heavy atom. The zero-order valence-corrected chi connectivity index (χ0v) is 8.09. The van der Waals surface area contributed by atoms with Crippen molar-refractivity contribution >= 4 is 5.78 Å². The van der Waals surface area contributed by atoms with Crippen molar-refractivity contribution in [2.24, 2.45) is 5.34 Å². The van der Waals surface area contributed by atoms with Gasteiger partial charge >= 0.3 is 0 Å². The molecule has 0 saturated carbocycles. The van der Waals surface area contributed by atoms with Crippen LogP contribution in [0.25, 0.3) is 0 Å². The van der Waals surface area contributed by atoms with Crippen molar-refractivity contribution in [3.05, 3.63) is 40.8 Å². The number of carbonyl (C=O) groups excluding carboxylic acids is 1. The third kappa shape index (κ3) is 4.87. The van der Waals surface area contributed by atoms with Gasteiger partial charge in [-0.25, -0.2) is 0 Å². The summed E-state index contributed by atoms with van der Waals surface area (Å²) in [5, 5.41) is 2.12. The first-order valence-electron chi connectivity index (χ1n) is 4.41. The zero-order valence-electron chi connectivity index (χ0n) is 8.09. The van der Waals surface area contributed by atoms with Gasteiger partial charge in [-0.15, -0.1) is 4.91 Å². The molecule has 1 aromatic carbocycles. The first kappa shape index (κ1) is 11.3. The van der Waals surface area contributed by atoms with E-state index in [4.69, 9.17) is 4.74 Å². The van der Waals surface area contributed by atoms with Crippen LogP contribution in [0.15, 0.2) is 35.7 Å². The number of ketones is 1. The van der Waals surface area contributed by atoms with E-state index in [9.17, 15) is 9.70 Å². The number of benzene rings is 1. The van der Waals surface area contributed by atoms with Gasteiger partial charge in [-0.1, -0.05) is 30.3 Å². The Balaban J connectivity index is 2.16. The maximum Gasteiger partial charge on any atom is 0.198 e. The van der Waals surface area contributed by atoms with E-state index >= 15 is 0 Å². The van der Waals surface area contributed by atoms with Crippen LogP contribution in [0.5, 0.6) is 0 Å². The highest BCUT2D eigenvalue weighted by Gasteiger charge is 2.02. The molecule has 0 bridgehead atoms. The Kier molecular flexibility index (Phi) is 5.03. The zero-order chi connectivity index (χ0) is 10.9. The molecule has 0 heterocycles. The number of nitrogens with zero attached hydrogens (tertiary/aromatic N) is 1. The molecule has 0 aromatic heterocycles. The highest BCUT2D eigenvalue weighted by molar-refractivity contribution is 5.80. The predicted octanol–water partition coefficient (Wildman–Crippen LogP) is 1.47. The lowest BCUT2D eigenvalue weighted by molar-refractivity contribution is -0.128. The quantitative estimate of drug-likeness (QED) is 0.503. The molecule has 0 aliphatic carbocycles. The molecule has 0 aliphatic heterocycles. The Morgan fingerprint density at radius 2 is 1.93 bits per heavy atom. The molecule has 1 aromatic rings. The van der Waals surface area contributed by atoms with Crippen molar-refractivity contribution in [2.75, 3.05) is 13.2 Å². The van der Waals surface area contributed by atoms with Crippen LogP contribution in [0.1, 0.15) is 5.56 Å². The molecule has 0 radical (unpaired) electrons. The number of ether oxygens (including phenoxy) is 1. The maximum atomic E-state index is 10.9. The normalized spacial score (nSPS) is 9.60. The lowest BCUT2D eigenvalue weighted by atomic mass is 10.2. The smallest absolute Gasteiger partial charge is 0.198 e. The summed E-state index contributed by atoms with van der Waals surface area (Å²) in [5.41, 5.74) is 0.986. The lowest BCUT2D eigenvalue weighted by Crippen LogP contribution is -2.13. The van der Waals surface area contributed by atoms with E-state index < -0.39 is 0 Å². The minimum absolute atomic E-state index is 0.0790. The van der Waals surface area contributed by atoms with Crippen LogP contribution >= 0.6 is 0 Å². The molecule has 5 heteroatoms. The first-order valence-corrected chi connectivity index (χ1v) is 4.41. The topological polar surface area (TPSA) is 65.0 Å². The van der Waals surface area contributed by atoms with Crippen LogP contribution in [0.4, 0.5) is 0 Å². The van der Waals surface area contributed by atoms with Crippen molar-refractivity contribution in [1.82, 2.24) is 0 Å². The number of carbonyl (C=O) groups is 1. The largest absolute Gasteiger partial charge is 0.369 e. The second-order valence-electron chi connectivity index (χ2n) is 2.87. The molecule has 0 amide bonds. The van der Waals surface area contributed by atoms with Crippen molar-refractivity contribution in [3.63, 3.8) is 0 Å². The maximum absolute atomic E-state index is 10.9. The van der Waals surface area contributed by atoms with E-state index in [0.29, 0.717) is 6.61 Å². The highest BCUT2D eigenvalue weighted by atomic mass is 16.7. The summed E-state index contributed by atoms with van der Waals surface area (Å²) in [6.45, 7) is -0.0518. The molecule has 0 aliphatic rings. The summed E-state index contributed by atoms with van der Waals surface area (Å²) in [7, 11) is 0. The summed E-state index contributed by atoms with van der Waals surface area (Å²) in [5.74, 6) is -0.314. The Bertz CT molecular complexity index is 312. The van der Waals surface area contributed by atoms with Crippen LogP contribution < -0.4 is 0 Å². The minimum atomic E-state index is -0.335. The summed E-state index contributed by atoms with van der Waals surface area (Å²) in [4.78, 5) is 24.5. The molecule has 15 heavy (non-hydrogen) atoms. The van der Waals surface area contributed by atoms with Gasteiger partial charge in [0.25, 0.3) is 0 Å². The van der Waals surface area contributed by atoms with Gasteiger partial charge in [0, 0.05) is 0 Å².